The van der Waals surface area contributed by atoms with Crippen LogP contribution in [0.2, 0.25) is 5.02 Å². The van der Waals surface area contributed by atoms with Crippen LogP contribution in [0.4, 0.5) is 11.4 Å². The summed E-state index contributed by atoms with van der Waals surface area (Å²) in [7, 11) is 0. The van der Waals surface area contributed by atoms with Crippen LogP contribution in [0.15, 0.2) is 53.6 Å². The maximum absolute atomic E-state index is 11.7. The number of benzene rings is 2. The summed E-state index contributed by atoms with van der Waals surface area (Å²) in [5.74, 6) is -1.97. The second-order valence-electron chi connectivity index (χ2n) is 4.48. The molecular formula is C15H11ClN4O4. The van der Waals surface area contributed by atoms with Crippen LogP contribution in [0.3, 0.4) is 0 Å². The Morgan fingerprint density at radius 1 is 1.12 bits per heavy atom. The maximum atomic E-state index is 11.7. The number of nitrogens with zero attached hydrogens (tertiary/aromatic N) is 2. The highest BCUT2D eigenvalue weighted by Crippen LogP contribution is 2.15. The molecule has 0 aromatic heterocycles. The van der Waals surface area contributed by atoms with Crippen LogP contribution < -0.4 is 10.7 Å². The van der Waals surface area contributed by atoms with Crippen LogP contribution in [-0.2, 0) is 9.59 Å². The first-order valence-electron chi connectivity index (χ1n) is 6.61. The smallest absolute Gasteiger partial charge is 0.318 e. The van der Waals surface area contributed by atoms with Gasteiger partial charge in [0.2, 0.25) is 0 Å². The third-order valence-corrected chi connectivity index (χ3v) is 3.03. The van der Waals surface area contributed by atoms with E-state index in [1.807, 2.05) is 5.43 Å². The fourth-order valence-corrected chi connectivity index (χ4v) is 1.92. The van der Waals surface area contributed by atoms with Gasteiger partial charge < -0.3 is 5.32 Å². The summed E-state index contributed by atoms with van der Waals surface area (Å²) in [6, 6.07) is 12.1. The summed E-state index contributed by atoms with van der Waals surface area (Å²) in [5, 5.41) is 17.1. The number of rotatable bonds is 4. The molecule has 2 rings (SSSR count). The topological polar surface area (TPSA) is 114 Å². The van der Waals surface area contributed by atoms with E-state index in [2.05, 4.69) is 10.4 Å². The number of amides is 2. The van der Waals surface area contributed by atoms with Gasteiger partial charge in [0.1, 0.15) is 0 Å². The van der Waals surface area contributed by atoms with E-state index in [1.165, 1.54) is 24.3 Å². The number of para-hydroxylation sites is 1. The number of nitrogens with one attached hydrogen (secondary N) is 2. The highest BCUT2D eigenvalue weighted by Gasteiger charge is 2.14. The lowest BCUT2D eigenvalue weighted by atomic mass is 10.2. The molecule has 2 aromatic carbocycles. The molecule has 0 heterocycles. The van der Waals surface area contributed by atoms with E-state index in [4.69, 9.17) is 11.6 Å². The van der Waals surface area contributed by atoms with Gasteiger partial charge >= 0.3 is 11.8 Å². The molecule has 9 heteroatoms. The summed E-state index contributed by atoms with van der Waals surface area (Å²) < 4.78 is 0. The normalized spacial score (nSPS) is 10.4. The van der Waals surface area contributed by atoms with Crippen LogP contribution >= 0.6 is 11.6 Å². The number of hydrogen-bond acceptors (Lipinski definition) is 5. The van der Waals surface area contributed by atoms with Gasteiger partial charge in [-0.25, -0.2) is 5.43 Å². The molecule has 8 nitrogen and oxygen atoms in total. The summed E-state index contributed by atoms with van der Waals surface area (Å²) in [6.07, 6.45) is 1.09. The zero-order valence-electron chi connectivity index (χ0n) is 12.1. The van der Waals surface area contributed by atoms with Crippen molar-refractivity contribution in [1.82, 2.24) is 5.43 Å². The summed E-state index contributed by atoms with van der Waals surface area (Å²) in [6.45, 7) is 0. The second kappa shape index (κ2) is 7.84. The quantitative estimate of drug-likeness (QED) is 0.382. The molecule has 0 aliphatic heterocycles. The zero-order chi connectivity index (χ0) is 17.5. The minimum absolute atomic E-state index is 0.168. The average Bonchev–Trinajstić information content (AvgIpc) is 2.55. The molecule has 0 radical (unpaired) electrons. The predicted molar refractivity (Wildman–Crippen MR) is 88.9 cm³/mol. The van der Waals surface area contributed by atoms with Crippen molar-refractivity contribution < 1.29 is 14.5 Å². The van der Waals surface area contributed by atoms with Gasteiger partial charge in [-0.3, -0.25) is 19.7 Å². The van der Waals surface area contributed by atoms with Crippen molar-refractivity contribution in [1.29, 1.82) is 0 Å². The molecule has 122 valence electrons. The Bertz CT molecular complexity index is 823. The Morgan fingerprint density at radius 2 is 1.88 bits per heavy atom. The van der Waals surface area contributed by atoms with Crippen LogP contribution in [0.25, 0.3) is 0 Å². The van der Waals surface area contributed by atoms with Crippen LogP contribution in [0, 0.1) is 10.1 Å². The van der Waals surface area contributed by atoms with Crippen molar-refractivity contribution in [3.63, 3.8) is 0 Å². The van der Waals surface area contributed by atoms with E-state index >= 15 is 0 Å². The fourth-order valence-electron chi connectivity index (χ4n) is 1.73. The van der Waals surface area contributed by atoms with E-state index in [9.17, 15) is 19.7 Å². The van der Waals surface area contributed by atoms with Gasteiger partial charge in [0, 0.05) is 16.8 Å². The highest BCUT2D eigenvalue weighted by molar-refractivity contribution is 6.39. The zero-order valence-corrected chi connectivity index (χ0v) is 12.9. The molecule has 2 aromatic rings. The van der Waals surface area contributed by atoms with E-state index in [0.29, 0.717) is 10.7 Å². The number of nitro benzene ring substituents is 1. The van der Waals surface area contributed by atoms with Crippen molar-refractivity contribution in [3.8, 4) is 0 Å². The third-order valence-electron chi connectivity index (χ3n) is 2.79. The van der Waals surface area contributed by atoms with Gasteiger partial charge in [-0.1, -0.05) is 29.8 Å². The molecule has 0 aliphatic rings. The molecule has 0 fully saturated rings. The van der Waals surface area contributed by atoms with Gasteiger partial charge in [-0.15, -0.1) is 0 Å². The second-order valence-corrected chi connectivity index (χ2v) is 4.92. The first-order chi connectivity index (χ1) is 11.5. The summed E-state index contributed by atoms with van der Waals surface area (Å²) in [4.78, 5) is 33.6. The number of nitro groups is 1. The molecule has 0 saturated heterocycles. The Hall–Kier alpha value is -3.26. The first kappa shape index (κ1) is 17.1. The molecule has 0 aliphatic carbocycles. The lowest BCUT2D eigenvalue weighted by Crippen LogP contribution is -2.32. The number of carbonyl (C=O) groups is 2. The highest BCUT2D eigenvalue weighted by atomic mass is 35.5. The number of halogens is 1. The minimum Gasteiger partial charge on any atom is -0.318 e. The van der Waals surface area contributed by atoms with Crippen LogP contribution in [0.5, 0.6) is 0 Å². The molecule has 0 saturated carbocycles. The van der Waals surface area contributed by atoms with Crippen LogP contribution in [-0.4, -0.2) is 23.0 Å². The number of anilines is 1. The van der Waals surface area contributed by atoms with Gasteiger partial charge in [0.25, 0.3) is 5.69 Å². The van der Waals surface area contributed by atoms with Crippen molar-refractivity contribution in [2.45, 2.75) is 0 Å². The SMILES string of the molecule is O=C(N/N=C/c1ccccc1[N+](=O)[O-])C(=O)Nc1cccc(Cl)c1. The molecular weight excluding hydrogens is 336 g/mol. The lowest BCUT2D eigenvalue weighted by Gasteiger charge is -2.04. The summed E-state index contributed by atoms with van der Waals surface area (Å²) in [5.41, 5.74) is 2.37. The van der Waals surface area contributed by atoms with Gasteiger partial charge in [-0.05, 0) is 24.3 Å². The Balaban J connectivity index is 1.98. The Morgan fingerprint density at radius 3 is 2.58 bits per heavy atom. The number of hydrazone groups is 1. The van der Waals surface area contributed by atoms with Crippen molar-refractivity contribution in [3.05, 3.63) is 69.2 Å². The van der Waals surface area contributed by atoms with Crippen LogP contribution in [0.1, 0.15) is 5.56 Å². The van der Waals surface area contributed by atoms with E-state index in [1.54, 1.807) is 24.3 Å². The van der Waals surface area contributed by atoms with Crippen molar-refractivity contribution in [2.75, 3.05) is 5.32 Å². The van der Waals surface area contributed by atoms with E-state index in [0.717, 1.165) is 6.21 Å². The summed E-state index contributed by atoms with van der Waals surface area (Å²) >= 11 is 5.77. The molecule has 24 heavy (non-hydrogen) atoms. The predicted octanol–water partition coefficient (Wildman–Crippen LogP) is 2.34. The largest absolute Gasteiger partial charge is 0.329 e. The minimum atomic E-state index is -1.02. The van der Waals surface area contributed by atoms with Crippen molar-refractivity contribution in [2.24, 2.45) is 5.10 Å². The van der Waals surface area contributed by atoms with Gasteiger partial charge in [0.15, 0.2) is 0 Å². The lowest BCUT2D eigenvalue weighted by molar-refractivity contribution is -0.385. The van der Waals surface area contributed by atoms with Gasteiger partial charge in [-0.2, -0.15) is 5.10 Å². The maximum Gasteiger partial charge on any atom is 0.329 e. The molecule has 2 N–H and O–H groups in total. The number of hydrogen-bond donors (Lipinski definition) is 2. The Kier molecular flexibility index (Phi) is 5.58. The monoisotopic (exact) mass is 346 g/mol. The van der Waals surface area contributed by atoms with E-state index in [-0.39, 0.29) is 11.3 Å². The Labute approximate surface area is 141 Å². The molecule has 2 amide bonds. The fraction of sp³-hybridized carbons (Fsp3) is 0. The average molecular weight is 347 g/mol. The molecule has 0 atom stereocenters. The number of carbonyl (C=O) groups excluding carboxylic acids is 2. The van der Waals surface area contributed by atoms with E-state index < -0.39 is 16.7 Å². The third kappa shape index (κ3) is 4.62. The van der Waals surface area contributed by atoms with Crippen molar-refractivity contribution >= 4 is 41.0 Å². The first-order valence-corrected chi connectivity index (χ1v) is 6.98. The standard InChI is InChI=1S/C15H11ClN4O4/c16-11-5-3-6-12(8-11)18-14(21)15(22)19-17-9-10-4-1-2-7-13(10)20(23)24/h1-9H,(H,18,21)(H,19,22)/b17-9+. The molecule has 0 bridgehead atoms. The van der Waals surface area contributed by atoms with Gasteiger partial charge in [0.05, 0.1) is 16.7 Å². The molecule has 0 spiro atoms. The molecule has 0 unspecified atom stereocenters.